The highest BCUT2D eigenvalue weighted by molar-refractivity contribution is 6.05. The number of carbonyl (C=O) groups is 3. The van der Waals surface area contributed by atoms with Crippen molar-refractivity contribution in [3.05, 3.63) is 119 Å². The lowest BCUT2D eigenvalue weighted by Gasteiger charge is -2.36. The van der Waals surface area contributed by atoms with Gasteiger partial charge in [-0.25, -0.2) is 0 Å². The summed E-state index contributed by atoms with van der Waals surface area (Å²) in [5.74, 6) is 2.09. The molecule has 54 heavy (non-hydrogen) atoms. The first-order valence-electron chi connectivity index (χ1n) is 19.3. The SMILES string of the molecule is CC.COc1ccc2c(c1)OC[C@H](c1ccccc1)C2c1ccc(OCCCN2CCN(c3ccc4c(c3)CN(C3CCC(=O)NC3=O)C4=O)CC2)cc1. The lowest BCUT2D eigenvalue weighted by molar-refractivity contribution is -0.136. The van der Waals surface area contributed by atoms with E-state index < -0.39 is 6.04 Å². The van der Waals surface area contributed by atoms with Crippen LogP contribution in [0.3, 0.4) is 0 Å². The third kappa shape index (κ3) is 7.80. The summed E-state index contributed by atoms with van der Waals surface area (Å²) in [6.07, 6.45) is 1.56. The van der Waals surface area contributed by atoms with Crippen LogP contribution in [0, 0.1) is 0 Å². The van der Waals surface area contributed by atoms with E-state index in [1.54, 1.807) is 12.0 Å². The van der Waals surface area contributed by atoms with Crippen molar-refractivity contribution in [3.63, 3.8) is 0 Å². The van der Waals surface area contributed by atoms with Crippen molar-refractivity contribution in [2.24, 2.45) is 0 Å². The first kappa shape index (κ1) is 37.0. The Morgan fingerprint density at radius 2 is 1.59 bits per heavy atom. The van der Waals surface area contributed by atoms with E-state index >= 15 is 0 Å². The minimum Gasteiger partial charge on any atom is -0.497 e. The van der Waals surface area contributed by atoms with Crippen molar-refractivity contribution in [2.75, 3.05) is 57.9 Å². The summed E-state index contributed by atoms with van der Waals surface area (Å²) in [5, 5.41) is 2.37. The molecule has 282 valence electrons. The van der Waals surface area contributed by atoms with Crippen LogP contribution in [0.2, 0.25) is 0 Å². The minimum absolute atomic E-state index is 0.137. The van der Waals surface area contributed by atoms with E-state index in [1.807, 2.05) is 38.1 Å². The van der Waals surface area contributed by atoms with Gasteiger partial charge >= 0.3 is 0 Å². The van der Waals surface area contributed by atoms with E-state index in [0.29, 0.717) is 31.7 Å². The number of carbonyl (C=O) groups excluding carboxylic acids is 3. The van der Waals surface area contributed by atoms with Crippen LogP contribution in [0.4, 0.5) is 5.69 Å². The molecule has 10 nitrogen and oxygen atoms in total. The molecule has 3 atom stereocenters. The number of piperidine rings is 1. The normalized spacial score (nSPS) is 20.9. The second kappa shape index (κ2) is 16.8. The molecule has 0 spiro atoms. The Morgan fingerprint density at radius 1 is 0.833 bits per heavy atom. The van der Waals surface area contributed by atoms with E-state index in [-0.39, 0.29) is 36.0 Å². The number of imide groups is 1. The van der Waals surface area contributed by atoms with Gasteiger partial charge in [0.1, 0.15) is 23.3 Å². The Labute approximate surface area is 318 Å². The van der Waals surface area contributed by atoms with Crippen LogP contribution in [0.1, 0.15) is 77.6 Å². The number of rotatable bonds is 10. The van der Waals surface area contributed by atoms with E-state index in [0.717, 1.165) is 73.2 Å². The molecule has 1 N–H and O–H groups in total. The number of hydrogen-bond donors (Lipinski definition) is 1. The molecule has 4 aliphatic rings. The summed E-state index contributed by atoms with van der Waals surface area (Å²) in [6.45, 7) is 10.3. The van der Waals surface area contributed by atoms with Crippen LogP contribution in [-0.4, -0.2) is 86.6 Å². The van der Waals surface area contributed by atoms with Gasteiger partial charge in [-0.1, -0.05) is 62.4 Å². The fraction of sp³-hybridized carbons (Fsp3) is 0.386. The smallest absolute Gasteiger partial charge is 0.255 e. The number of fused-ring (bicyclic) bond motifs is 2. The first-order chi connectivity index (χ1) is 26.4. The number of amides is 3. The molecule has 0 bridgehead atoms. The van der Waals surface area contributed by atoms with Crippen LogP contribution in [0.15, 0.2) is 91.0 Å². The molecular formula is C44H50N4O6. The maximum absolute atomic E-state index is 13.1. The van der Waals surface area contributed by atoms with Crippen molar-refractivity contribution >= 4 is 23.4 Å². The number of methoxy groups -OCH3 is 1. The summed E-state index contributed by atoms with van der Waals surface area (Å²) in [7, 11) is 1.68. The number of piperazine rings is 1. The largest absolute Gasteiger partial charge is 0.497 e. The predicted molar refractivity (Wildman–Crippen MR) is 209 cm³/mol. The van der Waals surface area contributed by atoms with Crippen molar-refractivity contribution in [1.82, 2.24) is 15.1 Å². The summed E-state index contributed by atoms with van der Waals surface area (Å²) in [4.78, 5) is 43.6. The van der Waals surface area contributed by atoms with Gasteiger partial charge in [0.05, 0.1) is 20.3 Å². The summed E-state index contributed by atoms with van der Waals surface area (Å²) in [6, 6.07) is 30.7. The lowest BCUT2D eigenvalue weighted by Crippen LogP contribution is -2.52. The third-order valence-electron chi connectivity index (χ3n) is 11.0. The van der Waals surface area contributed by atoms with Gasteiger partial charge in [-0.3, -0.25) is 24.6 Å². The second-order valence-electron chi connectivity index (χ2n) is 14.1. The molecule has 2 fully saturated rings. The molecule has 2 unspecified atom stereocenters. The topological polar surface area (TPSA) is 101 Å². The van der Waals surface area contributed by atoms with Gasteiger partial charge < -0.3 is 24.0 Å². The molecule has 4 aromatic rings. The maximum atomic E-state index is 13.1. The van der Waals surface area contributed by atoms with Crippen molar-refractivity contribution < 1.29 is 28.6 Å². The number of nitrogens with zero attached hydrogens (tertiary/aromatic N) is 3. The molecule has 4 aromatic carbocycles. The number of nitrogens with one attached hydrogen (secondary N) is 1. The first-order valence-corrected chi connectivity index (χ1v) is 19.3. The van der Waals surface area contributed by atoms with Gasteiger partial charge in [-0.05, 0) is 65.9 Å². The highest BCUT2D eigenvalue weighted by Crippen LogP contribution is 2.47. The molecular weight excluding hydrogens is 681 g/mol. The third-order valence-corrected chi connectivity index (χ3v) is 11.0. The Bertz CT molecular complexity index is 1940. The molecule has 3 amide bonds. The molecule has 2 saturated heterocycles. The van der Waals surface area contributed by atoms with Crippen LogP contribution in [-0.2, 0) is 16.1 Å². The summed E-state index contributed by atoms with van der Waals surface area (Å²) in [5.41, 5.74) is 6.34. The summed E-state index contributed by atoms with van der Waals surface area (Å²) >= 11 is 0. The van der Waals surface area contributed by atoms with Crippen molar-refractivity contribution in [3.8, 4) is 17.2 Å². The highest BCUT2D eigenvalue weighted by atomic mass is 16.5. The predicted octanol–water partition coefficient (Wildman–Crippen LogP) is 6.38. The number of anilines is 1. The zero-order valence-electron chi connectivity index (χ0n) is 31.5. The van der Waals surface area contributed by atoms with Crippen molar-refractivity contribution in [1.29, 1.82) is 0 Å². The Kier molecular flexibility index (Phi) is 11.5. The zero-order chi connectivity index (χ0) is 37.6. The minimum atomic E-state index is -0.596. The van der Waals surface area contributed by atoms with Gasteiger partial charge in [-0.2, -0.15) is 0 Å². The average molecular weight is 731 g/mol. The molecule has 4 heterocycles. The van der Waals surface area contributed by atoms with Gasteiger partial charge in [0.2, 0.25) is 11.8 Å². The molecule has 0 saturated carbocycles. The van der Waals surface area contributed by atoms with Crippen LogP contribution < -0.4 is 24.4 Å². The van der Waals surface area contributed by atoms with Crippen molar-refractivity contribution in [2.45, 2.75) is 57.5 Å². The number of hydrogen-bond acceptors (Lipinski definition) is 8. The van der Waals surface area contributed by atoms with Gasteiger partial charge in [0.25, 0.3) is 5.91 Å². The molecule has 10 heteroatoms. The quantitative estimate of drug-likeness (QED) is 0.148. The molecule has 8 rings (SSSR count). The number of ether oxygens (including phenoxy) is 3. The standard InChI is InChI=1S/C42H44N4O6.C2H6/c1-50-33-13-15-35-38(25-33)52-27-36(28-6-3-2-4-7-28)40(35)29-8-11-32(12-9-29)51-23-5-18-44-19-21-45(22-20-44)31-10-14-34-30(24-31)26-46(42(34)49)37-16-17-39(47)43-41(37)48;1-2/h2-4,6-15,24-25,36-37,40H,5,16-23,26-27H2,1H3,(H,43,47,48);1-2H3/t36-,37?,40?;/m1./s1. The van der Waals surface area contributed by atoms with Gasteiger partial charge in [-0.15, -0.1) is 0 Å². The van der Waals surface area contributed by atoms with Crippen LogP contribution >= 0.6 is 0 Å². The Balaban J connectivity index is 0.00000221. The maximum Gasteiger partial charge on any atom is 0.255 e. The monoisotopic (exact) mass is 730 g/mol. The Morgan fingerprint density at radius 3 is 2.33 bits per heavy atom. The Hall–Kier alpha value is -5.35. The van der Waals surface area contributed by atoms with E-state index in [2.05, 4.69) is 81.8 Å². The molecule has 0 aromatic heterocycles. The van der Waals surface area contributed by atoms with Gasteiger partial charge in [0, 0.05) is 80.4 Å². The average Bonchev–Trinajstić information content (AvgIpc) is 3.55. The fourth-order valence-corrected chi connectivity index (χ4v) is 8.15. The highest BCUT2D eigenvalue weighted by Gasteiger charge is 2.39. The molecule has 0 aliphatic carbocycles. The fourth-order valence-electron chi connectivity index (χ4n) is 8.15. The number of benzene rings is 4. The molecule has 0 radical (unpaired) electrons. The summed E-state index contributed by atoms with van der Waals surface area (Å²) < 4.78 is 17.9. The molecule has 4 aliphatic heterocycles. The lowest BCUT2D eigenvalue weighted by atomic mass is 9.76. The van der Waals surface area contributed by atoms with Crippen LogP contribution in [0.25, 0.3) is 0 Å². The van der Waals surface area contributed by atoms with Crippen LogP contribution in [0.5, 0.6) is 17.2 Å². The zero-order valence-corrected chi connectivity index (χ0v) is 31.5. The second-order valence-corrected chi connectivity index (χ2v) is 14.1. The van der Waals surface area contributed by atoms with E-state index in [9.17, 15) is 14.4 Å². The van der Waals surface area contributed by atoms with E-state index in [4.69, 9.17) is 14.2 Å². The van der Waals surface area contributed by atoms with E-state index in [1.165, 1.54) is 11.1 Å². The van der Waals surface area contributed by atoms with Gasteiger partial charge in [0.15, 0.2) is 0 Å².